The predicted octanol–water partition coefficient (Wildman–Crippen LogP) is 1.90. The van der Waals surface area contributed by atoms with E-state index in [1.165, 1.54) is 19.3 Å². The average molecular weight is 235 g/mol. The quantitative estimate of drug-likeness (QED) is 0.869. The molecule has 1 fully saturated rings. The fourth-order valence-electron chi connectivity index (χ4n) is 2.42. The Morgan fingerprint density at radius 1 is 1.47 bits per heavy atom. The number of nitrogens with zero attached hydrogens (tertiary/aromatic N) is 3. The van der Waals surface area contributed by atoms with Crippen LogP contribution in [0, 0.1) is 12.8 Å². The zero-order valence-electron chi connectivity index (χ0n) is 10.7. The normalized spacial score (nSPS) is 20.6. The first kappa shape index (κ1) is 12.3. The molecule has 1 aliphatic heterocycles. The predicted molar refractivity (Wildman–Crippen MR) is 67.9 cm³/mol. The summed E-state index contributed by atoms with van der Waals surface area (Å²) in [5.41, 5.74) is 1.64. The Morgan fingerprint density at radius 3 is 3.00 bits per heavy atom. The van der Waals surface area contributed by atoms with Crippen LogP contribution in [0.2, 0.25) is 0 Å². The summed E-state index contributed by atoms with van der Waals surface area (Å²) < 4.78 is 0. The van der Waals surface area contributed by atoms with Gasteiger partial charge in [0.15, 0.2) is 0 Å². The van der Waals surface area contributed by atoms with Crippen LogP contribution in [0.15, 0.2) is 6.07 Å². The molecule has 0 amide bonds. The first-order valence-corrected chi connectivity index (χ1v) is 6.43. The highest BCUT2D eigenvalue weighted by atomic mass is 16.3. The third-order valence-electron chi connectivity index (χ3n) is 3.44. The molecule has 1 saturated heterocycles. The van der Waals surface area contributed by atoms with Crippen LogP contribution in [0.4, 0.5) is 5.95 Å². The van der Waals surface area contributed by atoms with Gasteiger partial charge in [-0.15, -0.1) is 0 Å². The van der Waals surface area contributed by atoms with Crippen molar-refractivity contribution in [3.63, 3.8) is 0 Å². The second kappa shape index (κ2) is 5.45. The van der Waals surface area contributed by atoms with Crippen LogP contribution in [-0.2, 0) is 6.61 Å². The molecule has 0 bridgehead atoms. The number of aliphatic hydroxyl groups is 1. The Hall–Kier alpha value is -1.16. The van der Waals surface area contributed by atoms with E-state index in [1.807, 2.05) is 13.0 Å². The van der Waals surface area contributed by atoms with E-state index < -0.39 is 0 Å². The van der Waals surface area contributed by atoms with Crippen LogP contribution in [0.5, 0.6) is 0 Å². The van der Waals surface area contributed by atoms with Crippen molar-refractivity contribution < 1.29 is 5.11 Å². The second-order valence-electron chi connectivity index (χ2n) is 4.82. The van der Waals surface area contributed by atoms with Gasteiger partial charge in [-0.05, 0) is 31.7 Å². The number of aromatic nitrogens is 2. The highest BCUT2D eigenvalue weighted by molar-refractivity contribution is 5.33. The van der Waals surface area contributed by atoms with E-state index in [2.05, 4.69) is 21.8 Å². The van der Waals surface area contributed by atoms with E-state index in [4.69, 9.17) is 0 Å². The molecular formula is C13H21N3O. The van der Waals surface area contributed by atoms with E-state index in [1.54, 1.807) is 0 Å². The van der Waals surface area contributed by atoms with Gasteiger partial charge in [-0.25, -0.2) is 9.97 Å². The summed E-state index contributed by atoms with van der Waals surface area (Å²) in [6.07, 6.45) is 3.74. The molecule has 0 radical (unpaired) electrons. The Kier molecular flexibility index (Phi) is 3.94. The van der Waals surface area contributed by atoms with Crippen molar-refractivity contribution in [3.05, 3.63) is 17.5 Å². The lowest BCUT2D eigenvalue weighted by atomic mass is 9.96. The molecule has 17 heavy (non-hydrogen) atoms. The summed E-state index contributed by atoms with van der Waals surface area (Å²) in [6, 6.07) is 1.84. The van der Waals surface area contributed by atoms with Gasteiger partial charge in [-0.1, -0.05) is 13.3 Å². The second-order valence-corrected chi connectivity index (χ2v) is 4.82. The van der Waals surface area contributed by atoms with Crippen molar-refractivity contribution in [2.45, 2.75) is 39.7 Å². The number of aryl methyl sites for hydroxylation is 1. The number of rotatable bonds is 3. The molecule has 4 nitrogen and oxygen atoms in total. The van der Waals surface area contributed by atoms with Gasteiger partial charge in [0.1, 0.15) is 0 Å². The van der Waals surface area contributed by atoms with Crippen molar-refractivity contribution in [2.24, 2.45) is 5.92 Å². The van der Waals surface area contributed by atoms with Gasteiger partial charge in [-0.2, -0.15) is 0 Å². The fourth-order valence-corrected chi connectivity index (χ4v) is 2.42. The topological polar surface area (TPSA) is 49.2 Å². The number of anilines is 1. The summed E-state index contributed by atoms with van der Waals surface area (Å²) in [5.74, 6) is 1.54. The minimum Gasteiger partial charge on any atom is -0.390 e. The summed E-state index contributed by atoms with van der Waals surface area (Å²) >= 11 is 0. The van der Waals surface area contributed by atoms with Gasteiger partial charge in [0.2, 0.25) is 5.95 Å². The maximum absolute atomic E-state index is 9.17. The van der Waals surface area contributed by atoms with Gasteiger partial charge < -0.3 is 10.0 Å². The lowest BCUT2D eigenvalue weighted by molar-refractivity contribution is 0.276. The molecule has 0 aliphatic carbocycles. The summed E-state index contributed by atoms with van der Waals surface area (Å²) in [7, 11) is 0. The standard InChI is InChI=1S/C13H21N3O/c1-3-11-5-4-6-16(8-11)13-14-10(2)7-12(9-17)15-13/h7,11,17H,3-6,8-9H2,1-2H3. The van der Waals surface area contributed by atoms with Crippen LogP contribution in [0.25, 0.3) is 0 Å². The summed E-state index contributed by atoms with van der Waals surface area (Å²) in [6.45, 7) is 6.26. The maximum atomic E-state index is 9.17. The Labute approximate surface area is 103 Å². The molecule has 1 unspecified atom stereocenters. The Morgan fingerprint density at radius 2 is 2.29 bits per heavy atom. The highest BCUT2D eigenvalue weighted by Gasteiger charge is 2.20. The van der Waals surface area contributed by atoms with Gasteiger partial charge in [0.05, 0.1) is 12.3 Å². The maximum Gasteiger partial charge on any atom is 0.225 e. The van der Waals surface area contributed by atoms with E-state index in [9.17, 15) is 5.11 Å². The minimum absolute atomic E-state index is 0.0125. The van der Waals surface area contributed by atoms with Crippen LogP contribution in [0.1, 0.15) is 37.6 Å². The molecule has 0 aromatic carbocycles. The van der Waals surface area contributed by atoms with Crippen LogP contribution in [-0.4, -0.2) is 28.2 Å². The number of aliphatic hydroxyl groups excluding tert-OH is 1. The van der Waals surface area contributed by atoms with Crippen molar-refractivity contribution in [1.82, 2.24) is 9.97 Å². The third-order valence-corrected chi connectivity index (χ3v) is 3.44. The van der Waals surface area contributed by atoms with Crippen molar-refractivity contribution in [1.29, 1.82) is 0 Å². The molecular weight excluding hydrogens is 214 g/mol. The first-order valence-electron chi connectivity index (χ1n) is 6.43. The van der Waals surface area contributed by atoms with Gasteiger partial charge in [0.25, 0.3) is 0 Å². The van der Waals surface area contributed by atoms with Gasteiger partial charge in [0, 0.05) is 18.8 Å². The lowest BCUT2D eigenvalue weighted by Crippen LogP contribution is -2.36. The molecule has 2 rings (SSSR count). The molecule has 1 aliphatic rings. The van der Waals surface area contributed by atoms with Crippen molar-refractivity contribution >= 4 is 5.95 Å². The molecule has 4 heteroatoms. The zero-order chi connectivity index (χ0) is 12.3. The van der Waals surface area contributed by atoms with Crippen LogP contribution >= 0.6 is 0 Å². The van der Waals surface area contributed by atoms with Gasteiger partial charge in [-0.3, -0.25) is 0 Å². The van der Waals surface area contributed by atoms with Crippen LogP contribution < -0.4 is 4.90 Å². The fraction of sp³-hybridized carbons (Fsp3) is 0.692. The SMILES string of the molecule is CCC1CCCN(c2nc(C)cc(CO)n2)C1. The van der Waals surface area contributed by atoms with Gasteiger partial charge >= 0.3 is 0 Å². The highest BCUT2D eigenvalue weighted by Crippen LogP contribution is 2.22. The largest absolute Gasteiger partial charge is 0.390 e. The average Bonchev–Trinajstić information content (AvgIpc) is 2.38. The number of piperidine rings is 1. The molecule has 0 spiro atoms. The molecule has 94 valence electrons. The minimum atomic E-state index is -0.0125. The number of hydrogen-bond acceptors (Lipinski definition) is 4. The summed E-state index contributed by atoms with van der Waals surface area (Å²) in [5, 5.41) is 9.17. The molecule has 0 saturated carbocycles. The van der Waals surface area contributed by atoms with E-state index in [0.29, 0.717) is 5.69 Å². The van der Waals surface area contributed by atoms with Crippen LogP contribution in [0.3, 0.4) is 0 Å². The monoisotopic (exact) mass is 235 g/mol. The molecule has 2 heterocycles. The summed E-state index contributed by atoms with van der Waals surface area (Å²) in [4.78, 5) is 11.1. The van der Waals surface area contributed by atoms with E-state index in [0.717, 1.165) is 30.6 Å². The third kappa shape index (κ3) is 2.94. The Balaban J connectivity index is 2.18. The molecule has 1 N–H and O–H groups in total. The zero-order valence-corrected chi connectivity index (χ0v) is 10.7. The van der Waals surface area contributed by atoms with E-state index in [-0.39, 0.29) is 6.61 Å². The lowest BCUT2D eigenvalue weighted by Gasteiger charge is -2.32. The van der Waals surface area contributed by atoms with Crippen molar-refractivity contribution in [3.8, 4) is 0 Å². The molecule has 1 atom stereocenters. The smallest absolute Gasteiger partial charge is 0.225 e. The molecule has 1 aromatic heterocycles. The first-order chi connectivity index (χ1) is 8.22. The molecule has 1 aromatic rings. The van der Waals surface area contributed by atoms with E-state index >= 15 is 0 Å². The number of hydrogen-bond donors (Lipinski definition) is 1. The Bertz CT molecular complexity index is 381. The van der Waals surface area contributed by atoms with Crippen molar-refractivity contribution in [2.75, 3.05) is 18.0 Å².